The number of amides is 2. The number of allylic oxidation sites excluding steroid dienone is 2. The molecule has 0 unspecified atom stereocenters. The number of anilines is 2. The van der Waals surface area contributed by atoms with Crippen molar-refractivity contribution in [2.45, 2.75) is 108 Å². The van der Waals surface area contributed by atoms with Crippen LogP contribution in [0.25, 0.3) is 11.1 Å². The van der Waals surface area contributed by atoms with Crippen molar-refractivity contribution in [1.29, 1.82) is 5.26 Å². The molecule has 2 N–H and O–H groups in total. The minimum absolute atomic E-state index is 0.0167. The van der Waals surface area contributed by atoms with E-state index >= 15 is 0 Å². The van der Waals surface area contributed by atoms with E-state index in [-0.39, 0.29) is 34.6 Å². The van der Waals surface area contributed by atoms with Gasteiger partial charge in [0, 0.05) is 112 Å². The number of alkyl halides is 2. The molecule has 7 heterocycles. The number of hydrogen-bond acceptors (Lipinski definition) is 11. The molecule has 367 valence electrons. The number of nitrogens with zero attached hydrogens (tertiary/aromatic N) is 10. The van der Waals surface area contributed by atoms with Crippen molar-refractivity contribution in [1.82, 2.24) is 50.0 Å². The molecule has 2 aromatic heterocycles. The van der Waals surface area contributed by atoms with Gasteiger partial charge in [-0.2, -0.15) is 15.5 Å². The number of piperidine rings is 1. The summed E-state index contributed by atoms with van der Waals surface area (Å²) in [5.41, 5.74) is 10.7. The molecule has 70 heavy (non-hydrogen) atoms. The second kappa shape index (κ2) is 19.5. The molecule has 0 spiro atoms. The highest BCUT2D eigenvalue weighted by Gasteiger charge is 2.43. The predicted octanol–water partition coefficient (Wildman–Crippen LogP) is 6.53. The van der Waals surface area contributed by atoms with Crippen LogP contribution in [-0.2, 0) is 36.0 Å². The smallest absolute Gasteiger partial charge is 0.269 e. The second-order valence-electron chi connectivity index (χ2n) is 20.2. The van der Waals surface area contributed by atoms with Crippen LogP contribution in [0.15, 0.2) is 66.4 Å². The number of hydrazine groups is 1. The van der Waals surface area contributed by atoms with Gasteiger partial charge in [-0.15, -0.1) is 0 Å². The van der Waals surface area contributed by atoms with Crippen LogP contribution in [0.2, 0.25) is 0 Å². The fraction of sp³-hybridized carbons (Fsp3) is 0.519. The van der Waals surface area contributed by atoms with Crippen molar-refractivity contribution >= 4 is 33.6 Å². The second-order valence-corrected chi connectivity index (χ2v) is 21.1. The fourth-order valence-electron chi connectivity index (χ4n) is 11.6. The zero-order valence-corrected chi connectivity index (χ0v) is 41.7. The SMILES string of the molecule is CC(=O)N1CCc2c(c(N3CCCc4cc(-c5cnn(C)c5)c(C(F)F)cc43)nn2C2CCN([C@@]3([Si])CCN(C4=CC=C(C(=O)NC5CCC(COc6ccc(C#N)c(C)c6)CC5)N(C)N4)C3)CC2)C1. The van der Waals surface area contributed by atoms with Crippen molar-refractivity contribution < 1.29 is 23.1 Å². The van der Waals surface area contributed by atoms with Gasteiger partial charge in [0.1, 0.15) is 17.3 Å². The lowest BCUT2D eigenvalue weighted by atomic mass is 9.86. The average Bonchev–Trinajstić information content (AvgIpc) is 4.10. The molecule has 2 saturated heterocycles. The molecule has 4 aromatic rings. The number of likely N-dealkylation sites (tertiary alicyclic amines) is 2. The van der Waals surface area contributed by atoms with Gasteiger partial charge in [-0.25, -0.2) is 8.78 Å². The number of ether oxygens (including phenoxy) is 1. The Morgan fingerprint density at radius 1 is 1.03 bits per heavy atom. The lowest BCUT2D eigenvalue weighted by Gasteiger charge is -2.43. The van der Waals surface area contributed by atoms with E-state index < -0.39 is 6.43 Å². The van der Waals surface area contributed by atoms with E-state index in [4.69, 9.17) is 9.84 Å². The standard InChI is InChI=1S/C52H63F2N12O3Si/c1-33-24-41(12-9-37(33)27-55)69-31-35-7-10-39(11-8-35)57-51(68)46-13-14-48(58-61(46)4)63-23-18-52(70,32-63)64-21-15-40(16-22-64)66-45-17-20-62(34(2)67)30-44(45)50(59-66)65-19-5-6-36-25-42(38-28-56-60(3)29-38)43(49(53)54)26-47(36)65/h9,12-14,24-26,28-29,35,39-40,49,58H,5-8,10-11,15-23,30-32H2,1-4H3,(H,57,68)/t35?,39?,52-/m1/s1. The van der Waals surface area contributed by atoms with Gasteiger partial charge in [0.15, 0.2) is 5.82 Å². The summed E-state index contributed by atoms with van der Waals surface area (Å²) in [7, 11) is 7.96. The van der Waals surface area contributed by atoms with Gasteiger partial charge in [-0.3, -0.25) is 34.3 Å². The number of aromatic nitrogens is 4. The molecule has 1 aliphatic carbocycles. The number of nitrogens with one attached hydrogen (secondary N) is 2. The minimum atomic E-state index is -2.67. The van der Waals surface area contributed by atoms with Crippen LogP contribution in [0.4, 0.5) is 20.3 Å². The van der Waals surface area contributed by atoms with Gasteiger partial charge < -0.3 is 24.8 Å². The van der Waals surface area contributed by atoms with Gasteiger partial charge in [-0.05, 0) is 130 Å². The van der Waals surface area contributed by atoms with E-state index in [9.17, 15) is 23.6 Å². The zero-order valence-electron chi connectivity index (χ0n) is 40.7. The third kappa shape index (κ3) is 9.41. The number of carbonyl (C=O) groups excluding carboxylic acids is 2. The van der Waals surface area contributed by atoms with Gasteiger partial charge in [-0.1, -0.05) is 0 Å². The van der Waals surface area contributed by atoms with E-state index in [0.717, 1.165) is 129 Å². The van der Waals surface area contributed by atoms with Gasteiger partial charge in [0.25, 0.3) is 12.3 Å². The first-order chi connectivity index (χ1) is 33.7. The summed E-state index contributed by atoms with van der Waals surface area (Å²) in [5.74, 6) is 2.87. The normalized spacial score (nSPS) is 23.1. The van der Waals surface area contributed by atoms with Crippen LogP contribution in [0.5, 0.6) is 5.75 Å². The summed E-state index contributed by atoms with van der Waals surface area (Å²) in [6.45, 7) is 9.23. The minimum Gasteiger partial charge on any atom is -0.493 e. The Kier molecular flexibility index (Phi) is 13.3. The Morgan fingerprint density at radius 2 is 1.83 bits per heavy atom. The number of aryl methyl sites for hydroxylation is 3. The molecule has 6 aliphatic rings. The Bertz CT molecular complexity index is 2750. The third-order valence-electron chi connectivity index (χ3n) is 15.7. The van der Waals surface area contributed by atoms with E-state index in [1.54, 1.807) is 43.2 Å². The Hall–Kier alpha value is -6.19. The van der Waals surface area contributed by atoms with Crippen LogP contribution in [-0.4, -0.2) is 125 Å². The summed E-state index contributed by atoms with van der Waals surface area (Å²) in [4.78, 5) is 35.2. The van der Waals surface area contributed by atoms with Crippen LogP contribution in [0.3, 0.4) is 0 Å². The number of benzene rings is 2. The van der Waals surface area contributed by atoms with Crippen molar-refractivity contribution in [3.8, 4) is 22.9 Å². The van der Waals surface area contributed by atoms with E-state index in [2.05, 4.69) is 51.5 Å². The van der Waals surface area contributed by atoms with Crippen LogP contribution in [0, 0.1) is 24.2 Å². The summed E-state index contributed by atoms with van der Waals surface area (Å²) in [6, 6.07) is 11.6. The Balaban J connectivity index is 0.770. The maximum atomic E-state index is 14.8. The summed E-state index contributed by atoms with van der Waals surface area (Å²) < 4.78 is 39.6. The van der Waals surface area contributed by atoms with Gasteiger partial charge in [0.2, 0.25) is 5.91 Å². The Labute approximate surface area is 412 Å². The summed E-state index contributed by atoms with van der Waals surface area (Å²) in [6.07, 6.45) is 13.5. The molecule has 0 bridgehead atoms. The quantitative estimate of drug-likeness (QED) is 0.159. The number of carbonyl (C=O) groups is 2. The lowest BCUT2D eigenvalue weighted by molar-refractivity contribution is -0.129. The van der Waals surface area contributed by atoms with Crippen molar-refractivity contribution in [3.63, 3.8) is 0 Å². The number of likely N-dealkylation sites (N-methyl/N-ethyl adjacent to an activating group) is 1. The van der Waals surface area contributed by atoms with Crippen LogP contribution >= 0.6 is 0 Å². The molecule has 18 heteroatoms. The highest BCUT2D eigenvalue weighted by atomic mass is 28.1. The predicted molar refractivity (Wildman–Crippen MR) is 263 cm³/mol. The Morgan fingerprint density at radius 3 is 2.53 bits per heavy atom. The number of fused-ring (bicyclic) bond motifs is 2. The number of halogens is 2. The first-order valence-electron chi connectivity index (χ1n) is 24.9. The van der Waals surface area contributed by atoms with Crippen molar-refractivity contribution in [2.75, 3.05) is 57.8 Å². The molecule has 2 aromatic carbocycles. The van der Waals surface area contributed by atoms with Crippen molar-refractivity contribution in [3.05, 3.63) is 99.9 Å². The average molecular weight is 970 g/mol. The summed E-state index contributed by atoms with van der Waals surface area (Å²) in [5, 5.41) is 23.7. The lowest BCUT2D eigenvalue weighted by Crippen LogP contribution is -2.55. The summed E-state index contributed by atoms with van der Waals surface area (Å²) >= 11 is 0. The maximum absolute atomic E-state index is 14.8. The van der Waals surface area contributed by atoms with Crippen LogP contribution in [0.1, 0.15) is 104 Å². The third-order valence-corrected chi connectivity index (χ3v) is 16.4. The number of nitriles is 1. The highest BCUT2D eigenvalue weighted by Crippen LogP contribution is 2.44. The van der Waals surface area contributed by atoms with E-state index in [1.807, 2.05) is 54.2 Å². The molecule has 1 atom stereocenters. The highest BCUT2D eigenvalue weighted by molar-refractivity contribution is 6.15. The van der Waals surface area contributed by atoms with Crippen molar-refractivity contribution in [2.24, 2.45) is 13.0 Å². The largest absolute Gasteiger partial charge is 0.493 e. The van der Waals surface area contributed by atoms with Gasteiger partial charge >= 0.3 is 0 Å². The molecular weight excluding hydrogens is 907 g/mol. The topological polar surface area (TPSA) is 143 Å². The fourth-order valence-corrected chi connectivity index (χ4v) is 12.1. The molecule has 5 aliphatic heterocycles. The monoisotopic (exact) mass is 969 g/mol. The van der Waals surface area contributed by atoms with Gasteiger partial charge in [0.05, 0.1) is 47.3 Å². The molecule has 3 fully saturated rings. The zero-order chi connectivity index (χ0) is 48.8. The maximum Gasteiger partial charge on any atom is 0.269 e. The number of hydrogen-bond donors (Lipinski definition) is 2. The van der Waals surface area contributed by atoms with E-state index in [0.29, 0.717) is 61.0 Å². The molecule has 1 saturated carbocycles. The molecular formula is C52H63F2N12O3Si. The first kappa shape index (κ1) is 47.5. The van der Waals surface area contributed by atoms with E-state index in [1.165, 1.54) is 0 Å². The first-order valence-corrected chi connectivity index (χ1v) is 25.4. The molecule has 3 radical (unpaired) electrons. The van der Waals surface area contributed by atoms with Crippen LogP contribution < -0.4 is 20.4 Å². The molecule has 2 amide bonds. The number of rotatable bonds is 11. The molecule has 15 nitrogen and oxygen atoms in total. The molecule has 10 rings (SSSR count).